The number of amides is 2. The monoisotopic (exact) mass is 234 g/mol. The number of urea groups is 1. The molecule has 0 radical (unpaired) electrons. The van der Waals surface area contributed by atoms with Gasteiger partial charge in [0.1, 0.15) is 17.6 Å². The van der Waals surface area contributed by atoms with Crippen LogP contribution in [0, 0.1) is 6.92 Å². The zero-order chi connectivity index (χ0) is 12.6. The van der Waals surface area contributed by atoms with Gasteiger partial charge in [-0.25, -0.2) is 4.79 Å². The summed E-state index contributed by atoms with van der Waals surface area (Å²) < 4.78 is 5.47. The highest BCUT2D eigenvalue weighted by molar-refractivity contribution is 5.98. The lowest BCUT2D eigenvalue weighted by molar-refractivity contribution is -0.114. The molecule has 1 aromatic rings. The van der Waals surface area contributed by atoms with E-state index >= 15 is 0 Å². The number of carbonyl (C=O) groups is 2. The zero-order valence-electron chi connectivity index (χ0n) is 9.96. The zero-order valence-corrected chi connectivity index (χ0v) is 9.96. The third-order valence-electron chi connectivity index (χ3n) is 2.69. The molecule has 0 aliphatic carbocycles. The normalized spacial score (nSPS) is 19.9. The van der Waals surface area contributed by atoms with Gasteiger partial charge in [0, 0.05) is 11.3 Å². The van der Waals surface area contributed by atoms with Crippen molar-refractivity contribution in [2.75, 3.05) is 0 Å². The second-order valence-electron chi connectivity index (χ2n) is 4.07. The first kappa shape index (κ1) is 11.4. The van der Waals surface area contributed by atoms with Crippen molar-refractivity contribution < 1.29 is 14.0 Å². The van der Waals surface area contributed by atoms with Crippen LogP contribution >= 0.6 is 0 Å². The minimum atomic E-state index is -0.505. The molecule has 0 fully saturated rings. The van der Waals surface area contributed by atoms with E-state index in [-0.39, 0.29) is 11.8 Å². The van der Waals surface area contributed by atoms with Crippen molar-refractivity contribution in [1.82, 2.24) is 10.6 Å². The van der Waals surface area contributed by atoms with Gasteiger partial charge in [-0.15, -0.1) is 0 Å². The average Bonchev–Trinajstić information content (AvgIpc) is 2.62. The predicted octanol–water partition coefficient (Wildman–Crippen LogP) is 1.80. The van der Waals surface area contributed by atoms with E-state index in [0.717, 1.165) is 5.76 Å². The maximum absolute atomic E-state index is 11.6. The molecule has 0 aromatic carbocycles. The number of Topliss-reactive ketones (excluding diaryl/α,β-unsaturated/α-hetero) is 1. The summed E-state index contributed by atoms with van der Waals surface area (Å²) in [5.74, 6) is 1.23. The average molecular weight is 234 g/mol. The van der Waals surface area contributed by atoms with E-state index in [1.807, 2.05) is 6.92 Å². The van der Waals surface area contributed by atoms with Crippen LogP contribution in [-0.2, 0) is 4.79 Å². The Morgan fingerprint density at radius 1 is 1.35 bits per heavy atom. The molecule has 5 nitrogen and oxygen atoms in total. The Balaban J connectivity index is 2.46. The Kier molecular flexibility index (Phi) is 2.75. The minimum Gasteiger partial charge on any atom is -0.464 e. The molecule has 0 saturated carbocycles. The van der Waals surface area contributed by atoms with Gasteiger partial charge in [-0.1, -0.05) is 0 Å². The summed E-state index contributed by atoms with van der Waals surface area (Å²) >= 11 is 0. The van der Waals surface area contributed by atoms with E-state index in [1.165, 1.54) is 6.92 Å². The minimum absolute atomic E-state index is 0.0888. The number of aryl methyl sites for hydroxylation is 1. The van der Waals surface area contributed by atoms with Crippen molar-refractivity contribution in [3.63, 3.8) is 0 Å². The van der Waals surface area contributed by atoms with Gasteiger partial charge in [-0.3, -0.25) is 4.79 Å². The van der Waals surface area contributed by atoms with Gasteiger partial charge in [0.2, 0.25) is 0 Å². The Hall–Kier alpha value is -2.04. The first-order valence-corrected chi connectivity index (χ1v) is 5.34. The Morgan fingerprint density at radius 3 is 2.59 bits per heavy atom. The molecule has 90 valence electrons. The highest BCUT2D eigenvalue weighted by Gasteiger charge is 2.30. The molecule has 0 spiro atoms. The van der Waals surface area contributed by atoms with Crippen molar-refractivity contribution >= 4 is 11.8 Å². The molecule has 5 heteroatoms. The molecule has 2 N–H and O–H groups in total. The molecule has 0 bridgehead atoms. The SMILES string of the molecule is CC(=O)C1=C(C)NC(=O)NC1c1ccc(C)o1. The van der Waals surface area contributed by atoms with E-state index in [1.54, 1.807) is 19.1 Å². The molecule has 2 rings (SSSR count). The summed E-state index contributed by atoms with van der Waals surface area (Å²) in [5.41, 5.74) is 1.10. The molecule has 17 heavy (non-hydrogen) atoms. The molecule has 0 saturated heterocycles. The van der Waals surface area contributed by atoms with Gasteiger partial charge in [0.15, 0.2) is 5.78 Å². The van der Waals surface area contributed by atoms with Crippen LogP contribution in [0.3, 0.4) is 0 Å². The summed E-state index contributed by atoms with van der Waals surface area (Å²) in [5, 5.41) is 5.27. The van der Waals surface area contributed by atoms with Crippen LogP contribution in [0.5, 0.6) is 0 Å². The number of hydrogen-bond donors (Lipinski definition) is 2. The Morgan fingerprint density at radius 2 is 2.06 bits per heavy atom. The number of rotatable bonds is 2. The molecule has 2 amide bonds. The lowest BCUT2D eigenvalue weighted by Gasteiger charge is -2.26. The number of furan rings is 1. The van der Waals surface area contributed by atoms with Crippen LogP contribution in [0.25, 0.3) is 0 Å². The largest absolute Gasteiger partial charge is 0.464 e. The van der Waals surface area contributed by atoms with Gasteiger partial charge in [0.05, 0.1) is 0 Å². The van der Waals surface area contributed by atoms with Crippen molar-refractivity contribution in [3.05, 3.63) is 34.9 Å². The lowest BCUT2D eigenvalue weighted by Crippen LogP contribution is -2.44. The Labute approximate surface area is 98.9 Å². The van der Waals surface area contributed by atoms with E-state index in [9.17, 15) is 9.59 Å². The second-order valence-corrected chi connectivity index (χ2v) is 4.07. The topological polar surface area (TPSA) is 71.3 Å². The van der Waals surface area contributed by atoms with Crippen LogP contribution < -0.4 is 10.6 Å². The third-order valence-corrected chi connectivity index (χ3v) is 2.69. The van der Waals surface area contributed by atoms with Crippen LogP contribution in [0.1, 0.15) is 31.4 Å². The van der Waals surface area contributed by atoms with Gasteiger partial charge < -0.3 is 15.1 Å². The number of carbonyl (C=O) groups excluding carboxylic acids is 2. The Bertz CT molecular complexity index is 514. The molecule has 1 aromatic heterocycles. The molecule has 1 aliphatic heterocycles. The highest BCUT2D eigenvalue weighted by Crippen LogP contribution is 2.28. The van der Waals surface area contributed by atoms with E-state index in [2.05, 4.69) is 10.6 Å². The molecule has 1 aliphatic rings. The van der Waals surface area contributed by atoms with Crippen molar-refractivity contribution in [2.24, 2.45) is 0 Å². The van der Waals surface area contributed by atoms with Gasteiger partial charge >= 0.3 is 6.03 Å². The first-order chi connectivity index (χ1) is 7.99. The predicted molar refractivity (Wildman–Crippen MR) is 61.2 cm³/mol. The maximum Gasteiger partial charge on any atom is 0.319 e. The quantitative estimate of drug-likeness (QED) is 0.819. The van der Waals surface area contributed by atoms with E-state index in [4.69, 9.17) is 4.42 Å². The summed E-state index contributed by atoms with van der Waals surface area (Å²) in [6, 6.07) is 2.74. The van der Waals surface area contributed by atoms with E-state index in [0.29, 0.717) is 17.0 Å². The number of ketones is 1. The molecular weight excluding hydrogens is 220 g/mol. The van der Waals surface area contributed by atoms with Crippen LogP contribution in [0.2, 0.25) is 0 Å². The van der Waals surface area contributed by atoms with Crippen molar-refractivity contribution in [1.29, 1.82) is 0 Å². The summed E-state index contributed by atoms with van der Waals surface area (Å²) in [6.45, 7) is 5.00. The fourth-order valence-electron chi connectivity index (χ4n) is 1.98. The summed E-state index contributed by atoms with van der Waals surface area (Å²) in [4.78, 5) is 23.0. The molecule has 2 heterocycles. The van der Waals surface area contributed by atoms with Crippen LogP contribution in [-0.4, -0.2) is 11.8 Å². The van der Waals surface area contributed by atoms with Crippen molar-refractivity contribution in [2.45, 2.75) is 26.8 Å². The van der Waals surface area contributed by atoms with Crippen molar-refractivity contribution in [3.8, 4) is 0 Å². The molecular formula is C12H14N2O3. The third kappa shape index (κ3) is 2.08. The molecule has 1 unspecified atom stereocenters. The van der Waals surface area contributed by atoms with E-state index < -0.39 is 6.04 Å². The smallest absolute Gasteiger partial charge is 0.319 e. The highest BCUT2D eigenvalue weighted by atomic mass is 16.3. The summed E-state index contributed by atoms with van der Waals surface area (Å²) in [6.07, 6.45) is 0. The first-order valence-electron chi connectivity index (χ1n) is 5.34. The van der Waals surface area contributed by atoms with Gasteiger partial charge in [0.25, 0.3) is 0 Å². The van der Waals surface area contributed by atoms with Crippen LogP contribution in [0.15, 0.2) is 27.8 Å². The molecule has 1 atom stereocenters. The van der Waals surface area contributed by atoms with Gasteiger partial charge in [-0.2, -0.15) is 0 Å². The lowest BCUT2D eigenvalue weighted by atomic mass is 9.97. The summed E-state index contributed by atoms with van der Waals surface area (Å²) in [7, 11) is 0. The van der Waals surface area contributed by atoms with Crippen LogP contribution in [0.4, 0.5) is 4.79 Å². The fraction of sp³-hybridized carbons (Fsp3) is 0.333. The number of allylic oxidation sites excluding steroid dienone is 1. The number of hydrogen-bond acceptors (Lipinski definition) is 3. The second kappa shape index (κ2) is 4.08. The maximum atomic E-state index is 11.6. The standard InChI is InChI=1S/C12H14N2O3/c1-6-4-5-9(17-6)11-10(8(3)15)7(2)13-12(16)14-11/h4-5,11H,1-3H3,(H2,13,14,16). The van der Waals surface area contributed by atoms with Gasteiger partial charge in [-0.05, 0) is 32.9 Å². The fourth-order valence-corrected chi connectivity index (χ4v) is 1.98. The number of nitrogens with one attached hydrogen (secondary N) is 2.